The molecule has 2 saturated heterocycles. The van der Waals surface area contributed by atoms with Gasteiger partial charge in [-0.1, -0.05) is 35.5 Å². The first kappa shape index (κ1) is 19.6. The van der Waals surface area contributed by atoms with E-state index in [1.54, 1.807) is 10.9 Å². The van der Waals surface area contributed by atoms with Crippen molar-refractivity contribution in [2.45, 2.75) is 44.2 Å². The number of carbonyl (C=O) groups excluding carboxylic acids is 2. The Morgan fingerprint density at radius 2 is 1.86 bits per heavy atom. The maximum absolute atomic E-state index is 13.0. The van der Waals surface area contributed by atoms with Crippen molar-refractivity contribution in [3.8, 4) is 0 Å². The number of aromatic nitrogens is 3. The van der Waals surface area contributed by atoms with Crippen LogP contribution in [0.3, 0.4) is 0 Å². The topological polar surface area (TPSA) is 92.2 Å². The number of piperidine rings is 1. The second-order valence-corrected chi connectivity index (χ2v) is 7.81. The largest absolute Gasteiger partial charge is 0.341 e. The number of nitrogens with zero attached hydrogens (tertiary/aromatic N) is 4. The predicted molar refractivity (Wildman–Crippen MR) is 108 cm³/mol. The summed E-state index contributed by atoms with van der Waals surface area (Å²) < 4.78 is 1.78. The Morgan fingerprint density at radius 1 is 1.14 bits per heavy atom. The van der Waals surface area contributed by atoms with Crippen molar-refractivity contribution in [3.05, 3.63) is 47.8 Å². The Balaban J connectivity index is 1.46. The quantitative estimate of drug-likeness (QED) is 0.765. The van der Waals surface area contributed by atoms with Crippen LogP contribution in [-0.4, -0.2) is 63.9 Å². The van der Waals surface area contributed by atoms with E-state index in [0.29, 0.717) is 6.42 Å². The lowest BCUT2D eigenvalue weighted by molar-refractivity contribution is -0.132. The monoisotopic (exact) mass is 396 g/mol. The van der Waals surface area contributed by atoms with Crippen LogP contribution in [0.5, 0.6) is 0 Å². The van der Waals surface area contributed by atoms with Crippen molar-refractivity contribution in [3.63, 3.8) is 0 Å². The molecule has 0 radical (unpaired) electrons. The van der Waals surface area contributed by atoms with Crippen molar-refractivity contribution in [1.29, 1.82) is 0 Å². The van der Waals surface area contributed by atoms with Gasteiger partial charge in [0.15, 0.2) is 5.69 Å². The number of likely N-dealkylation sites (tertiary alicyclic amines) is 1. The predicted octanol–water partition coefficient (Wildman–Crippen LogP) is 1.17. The zero-order chi connectivity index (χ0) is 20.1. The standard InChI is InChI=1S/C21H28N6O2/c28-20(19-15-27(25-24-19)17-8-10-22-11-9-17)23-18(14-16-6-2-1-3-7-16)21(29)26-12-4-5-13-26/h1-3,6-7,15,17-18,22H,4-5,8-14H2,(H,23,28). The van der Waals surface area contributed by atoms with E-state index in [0.717, 1.165) is 57.4 Å². The van der Waals surface area contributed by atoms with Gasteiger partial charge < -0.3 is 15.5 Å². The summed E-state index contributed by atoms with van der Waals surface area (Å²) in [5.74, 6) is -0.371. The highest BCUT2D eigenvalue weighted by Crippen LogP contribution is 2.17. The van der Waals surface area contributed by atoms with Crippen LogP contribution in [0.1, 0.15) is 47.8 Å². The fourth-order valence-electron chi connectivity index (χ4n) is 4.07. The Labute approximate surface area is 170 Å². The van der Waals surface area contributed by atoms with Gasteiger partial charge in [-0.05, 0) is 44.3 Å². The van der Waals surface area contributed by atoms with E-state index in [1.807, 2.05) is 35.2 Å². The SMILES string of the molecule is O=C(NC(Cc1ccccc1)C(=O)N1CCCC1)c1cn(C2CCNCC2)nn1. The van der Waals surface area contributed by atoms with Gasteiger partial charge >= 0.3 is 0 Å². The summed E-state index contributed by atoms with van der Waals surface area (Å²) in [6, 6.07) is 9.44. The third-order valence-electron chi connectivity index (χ3n) is 5.73. The molecule has 2 aliphatic rings. The molecule has 1 aromatic carbocycles. The maximum atomic E-state index is 13.0. The number of benzene rings is 1. The van der Waals surface area contributed by atoms with E-state index in [9.17, 15) is 9.59 Å². The first-order valence-electron chi connectivity index (χ1n) is 10.5. The highest BCUT2D eigenvalue weighted by molar-refractivity contribution is 5.96. The minimum absolute atomic E-state index is 0.0227. The van der Waals surface area contributed by atoms with Gasteiger partial charge in [0.2, 0.25) is 5.91 Å². The van der Waals surface area contributed by atoms with E-state index in [1.165, 1.54) is 0 Å². The van der Waals surface area contributed by atoms with Gasteiger partial charge in [0.05, 0.1) is 12.2 Å². The van der Waals surface area contributed by atoms with Crippen molar-refractivity contribution >= 4 is 11.8 Å². The first-order chi connectivity index (χ1) is 14.2. The fraction of sp³-hybridized carbons (Fsp3) is 0.524. The third-order valence-corrected chi connectivity index (χ3v) is 5.73. The summed E-state index contributed by atoms with van der Waals surface area (Å²) in [7, 11) is 0. The Hall–Kier alpha value is -2.74. The Bertz CT molecular complexity index is 825. The second kappa shape index (κ2) is 9.17. The molecule has 2 aliphatic heterocycles. The molecular formula is C21H28N6O2. The molecule has 154 valence electrons. The second-order valence-electron chi connectivity index (χ2n) is 7.81. The van der Waals surface area contributed by atoms with E-state index >= 15 is 0 Å². The van der Waals surface area contributed by atoms with Gasteiger partial charge in [0, 0.05) is 19.5 Å². The van der Waals surface area contributed by atoms with Gasteiger partial charge in [0.1, 0.15) is 6.04 Å². The Morgan fingerprint density at radius 3 is 2.59 bits per heavy atom. The molecule has 1 aromatic heterocycles. The van der Waals surface area contributed by atoms with Crippen molar-refractivity contribution in [2.75, 3.05) is 26.2 Å². The molecule has 1 atom stereocenters. The molecule has 2 N–H and O–H groups in total. The van der Waals surface area contributed by atoms with Crippen LogP contribution >= 0.6 is 0 Å². The molecule has 3 heterocycles. The minimum Gasteiger partial charge on any atom is -0.341 e. The lowest BCUT2D eigenvalue weighted by Gasteiger charge is -2.24. The summed E-state index contributed by atoms with van der Waals surface area (Å²) in [5, 5.41) is 14.5. The molecule has 2 aromatic rings. The first-order valence-corrected chi connectivity index (χ1v) is 10.5. The summed E-state index contributed by atoms with van der Waals surface area (Å²) in [6.07, 6.45) is 6.13. The summed E-state index contributed by atoms with van der Waals surface area (Å²) in [5.41, 5.74) is 1.28. The summed E-state index contributed by atoms with van der Waals surface area (Å²) in [4.78, 5) is 27.7. The van der Waals surface area contributed by atoms with Gasteiger partial charge in [-0.2, -0.15) is 0 Å². The molecule has 1 unspecified atom stereocenters. The van der Waals surface area contributed by atoms with Crippen LogP contribution < -0.4 is 10.6 Å². The minimum atomic E-state index is -0.605. The van der Waals surface area contributed by atoms with Crippen LogP contribution in [0.25, 0.3) is 0 Å². The molecule has 8 nitrogen and oxygen atoms in total. The van der Waals surface area contributed by atoms with Crippen molar-refractivity contribution < 1.29 is 9.59 Å². The maximum Gasteiger partial charge on any atom is 0.274 e. The van der Waals surface area contributed by atoms with Gasteiger partial charge in [0.25, 0.3) is 5.91 Å². The smallest absolute Gasteiger partial charge is 0.274 e. The van der Waals surface area contributed by atoms with Crippen LogP contribution in [0.15, 0.2) is 36.5 Å². The normalized spacial score (nSPS) is 18.6. The average Bonchev–Trinajstić information content (AvgIpc) is 3.46. The van der Waals surface area contributed by atoms with E-state index in [2.05, 4.69) is 20.9 Å². The molecule has 2 fully saturated rings. The average molecular weight is 396 g/mol. The van der Waals surface area contributed by atoms with Crippen molar-refractivity contribution in [2.24, 2.45) is 0 Å². The highest BCUT2D eigenvalue weighted by Gasteiger charge is 2.29. The summed E-state index contributed by atoms with van der Waals surface area (Å²) in [6.45, 7) is 3.39. The zero-order valence-electron chi connectivity index (χ0n) is 16.6. The number of rotatable bonds is 6. The fourth-order valence-corrected chi connectivity index (χ4v) is 4.07. The number of hydrogen-bond acceptors (Lipinski definition) is 5. The molecule has 2 amide bonds. The van der Waals surface area contributed by atoms with E-state index in [-0.39, 0.29) is 23.6 Å². The van der Waals surface area contributed by atoms with Crippen LogP contribution in [0, 0.1) is 0 Å². The molecule has 29 heavy (non-hydrogen) atoms. The summed E-state index contributed by atoms with van der Waals surface area (Å²) >= 11 is 0. The lowest BCUT2D eigenvalue weighted by Crippen LogP contribution is -2.49. The van der Waals surface area contributed by atoms with Crippen molar-refractivity contribution in [1.82, 2.24) is 30.5 Å². The third kappa shape index (κ3) is 4.82. The Kier molecular flexibility index (Phi) is 6.19. The van der Waals surface area contributed by atoms with Gasteiger partial charge in [-0.15, -0.1) is 5.10 Å². The highest BCUT2D eigenvalue weighted by atomic mass is 16.2. The number of amides is 2. The van der Waals surface area contributed by atoms with E-state index in [4.69, 9.17) is 0 Å². The molecule has 0 saturated carbocycles. The molecular weight excluding hydrogens is 368 g/mol. The number of hydrogen-bond donors (Lipinski definition) is 2. The lowest BCUT2D eigenvalue weighted by atomic mass is 10.0. The van der Waals surface area contributed by atoms with Gasteiger partial charge in [-0.25, -0.2) is 4.68 Å². The number of nitrogens with one attached hydrogen (secondary N) is 2. The molecule has 0 bridgehead atoms. The van der Waals surface area contributed by atoms with Crippen LogP contribution in [0.2, 0.25) is 0 Å². The molecule has 0 spiro atoms. The number of carbonyl (C=O) groups is 2. The van der Waals surface area contributed by atoms with Gasteiger partial charge in [-0.3, -0.25) is 9.59 Å². The van der Waals surface area contributed by atoms with E-state index < -0.39 is 6.04 Å². The molecule has 4 rings (SSSR count). The molecule has 0 aliphatic carbocycles. The molecule has 8 heteroatoms. The zero-order valence-corrected chi connectivity index (χ0v) is 16.6. The van der Waals surface area contributed by atoms with Crippen LogP contribution in [0.4, 0.5) is 0 Å². The van der Waals surface area contributed by atoms with Crippen LogP contribution in [-0.2, 0) is 11.2 Å².